The van der Waals surface area contributed by atoms with Gasteiger partial charge in [-0.05, 0) is 30.7 Å². The predicted molar refractivity (Wildman–Crippen MR) is 98.5 cm³/mol. The maximum atomic E-state index is 12.1. The fourth-order valence-corrected chi connectivity index (χ4v) is 2.38. The second kappa shape index (κ2) is 8.62. The first-order valence-electron chi connectivity index (χ1n) is 8.35. The summed E-state index contributed by atoms with van der Waals surface area (Å²) >= 11 is 0. The van der Waals surface area contributed by atoms with Gasteiger partial charge < -0.3 is 4.74 Å². The van der Waals surface area contributed by atoms with Crippen molar-refractivity contribution in [3.05, 3.63) is 72.4 Å². The van der Waals surface area contributed by atoms with Crippen LogP contribution in [0.25, 0.3) is 10.9 Å². The van der Waals surface area contributed by atoms with E-state index in [1.165, 1.54) is 0 Å². The van der Waals surface area contributed by atoms with Crippen LogP contribution in [0.4, 0.5) is 0 Å². The molecule has 6 nitrogen and oxygen atoms in total. The van der Waals surface area contributed by atoms with Crippen molar-refractivity contribution in [2.24, 2.45) is 0 Å². The number of pyridine rings is 1. The van der Waals surface area contributed by atoms with E-state index < -0.39 is 5.91 Å². The fourth-order valence-electron chi connectivity index (χ4n) is 2.38. The van der Waals surface area contributed by atoms with Crippen LogP contribution in [-0.2, 0) is 4.79 Å². The van der Waals surface area contributed by atoms with Gasteiger partial charge in [0.05, 0.1) is 12.1 Å². The Kier molecular flexibility index (Phi) is 5.77. The van der Waals surface area contributed by atoms with E-state index in [4.69, 9.17) is 4.74 Å². The highest BCUT2D eigenvalue weighted by Gasteiger charge is 2.09. The minimum absolute atomic E-state index is 0.247. The topological polar surface area (TPSA) is 80.3 Å². The van der Waals surface area contributed by atoms with E-state index >= 15 is 0 Å². The lowest BCUT2D eigenvalue weighted by atomic mass is 10.2. The normalized spacial score (nSPS) is 10.3. The molecule has 3 rings (SSSR count). The summed E-state index contributed by atoms with van der Waals surface area (Å²) in [6.07, 6.45) is 0.795. The van der Waals surface area contributed by atoms with Gasteiger partial charge in [-0.15, -0.1) is 0 Å². The molecule has 2 aromatic carbocycles. The standard InChI is InChI=1S/C20H19N3O3/c24-19(11-6-14-26-16-8-2-1-3-9-16)22-23-20(25)18-13-12-15-7-4-5-10-17(15)21-18/h1-5,7-10,12-13H,6,11,14H2,(H,22,24)(H,23,25). The molecule has 0 atom stereocenters. The van der Waals surface area contributed by atoms with Crippen LogP contribution in [0.15, 0.2) is 66.7 Å². The molecule has 0 saturated heterocycles. The van der Waals surface area contributed by atoms with Crippen molar-refractivity contribution in [3.63, 3.8) is 0 Å². The minimum Gasteiger partial charge on any atom is -0.494 e. The van der Waals surface area contributed by atoms with Crippen molar-refractivity contribution in [2.45, 2.75) is 12.8 Å². The minimum atomic E-state index is -0.454. The van der Waals surface area contributed by atoms with Crippen LogP contribution < -0.4 is 15.6 Å². The van der Waals surface area contributed by atoms with Crippen LogP contribution in [0.5, 0.6) is 5.75 Å². The third kappa shape index (κ3) is 4.80. The van der Waals surface area contributed by atoms with Gasteiger partial charge in [-0.2, -0.15) is 0 Å². The molecule has 0 aliphatic rings. The number of aromatic nitrogens is 1. The van der Waals surface area contributed by atoms with E-state index in [1.807, 2.05) is 60.7 Å². The number of hydrogen-bond acceptors (Lipinski definition) is 4. The molecule has 2 amide bonds. The van der Waals surface area contributed by atoms with Crippen LogP contribution in [0.3, 0.4) is 0 Å². The Labute approximate surface area is 151 Å². The summed E-state index contributed by atoms with van der Waals surface area (Å²) < 4.78 is 5.51. The van der Waals surface area contributed by atoms with Crippen LogP contribution >= 0.6 is 0 Å². The zero-order chi connectivity index (χ0) is 18.2. The lowest BCUT2D eigenvalue weighted by Gasteiger charge is -2.08. The zero-order valence-electron chi connectivity index (χ0n) is 14.1. The highest BCUT2D eigenvalue weighted by molar-refractivity contribution is 5.95. The molecule has 0 unspecified atom stereocenters. The average Bonchev–Trinajstić information content (AvgIpc) is 2.70. The van der Waals surface area contributed by atoms with Crippen LogP contribution in [0, 0.1) is 0 Å². The van der Waals surface area contributed by atoms with E-state index in [0.29, 0.717) is 13.0 Å². The molecule has 0 fully saturated rings. The molecular formula is C20H19N3O3. The van der Waals surface area contributed by atoms with Crippen molar-refractivity contribution in [2.75, 3.05) is 6.61 Å². The maximum Gasteiger partial charge on any atom is 0.288 e. The first-order chi connectivity index (χ1) is 12.7. The largest absolute Gasteiger partial charge is 0.494 e. The molecule has 0 radical (unpaired) electrons. The van der Waals surface area contributed by atoms with Crippen LogP contribution in [0.2, 0.25) is 0 Å². The molecule has 26 heavy (non-hydrogen) atoms. The SMILES string of the molecule is O=C(CCCOc1ccccc1)NNC(=O)c1ccc2ccccc2n1. The van der Waals surface area contributed by atoms with Crippen LogP contribution in [0.1, 0.15) is 23.3 Å². The second-order valence-corrected chi connectivity index (χ2v) is 5.66. The number of amides is 2. The summed E-state index contributed by atoms with van der Waals surface area (Å²) in [5.74, 6) is 0.0315. The number of carbonyl (C=O) groups excluding carboxylic acids is 2. The molecule has 0 aliphatic heterocycles. The van der Waals surface area contributed by atoms with Crippen molar-refractivity contribution in [1.29, 1.82) is 0 Å². The predicted octanol–water partition coefficient (Wildman–Crippen LogP) is 2.86. The van der Waals surface area contributed by atoms with Gasteiger partial charge >= 0.3 is 0 Å². The van der Waals surface area contributed by atoms with Crippen LogP contribution in [-0.4, -0.2) is 23.4 Å². The van der Waals surface area contributed by atoms with Gasteiger partial charge in [0.15, 0.2) is 0 Å². The van der Waals surface area contributed by atoms with Crippen molar-refractivity contribution >= 4 is 22.7 Å². The number of nitrogens with one attached hydrogen (secondary N) is 2. The quantitative estimate of drug-likeness (QED) is 0.530. The summed E-state index contributed by atoms with van der Waals surface area (Å²) in [7, 11) is 0. The highest BCUT2D eigenvalue weighted by atomic mass is 16.5. The molecule has 3 aromatic rings. The number of carbonyl (C=O) groups is 2. The molecule has 0 aliphatic carbocycles. The fraction of sp³-hybridized carbons (Fsp3) is 0.150. The van der Waals surface area contributed by atoms with E-state index in [1.54, 1.807) is 6.07 Å². The Morgan fingerprint density at radius 2 is 1.65 bits per heavy atom. The average molecular weight is 349 g/mol. The molecule has 1 aromatic heterocycles. The molecule has 1 heterocycles. The van der Waals surface area contributed by atoms with Gasteiger partial charge in [0.25, 0.3) is 5.91 Å². The van der Waals surface area contributed by atoms with Gasteiger partial charge in [-0.25, -0.2) is 4.98 Å². The number of ether oxygens (including phenoxy) is 1. The lowest BCUT2D eigenvalue weighted by molar-refractivity contribution is -0.122. The Morgan fingerprint density at radius 3 is 2.50 bits per heavy atom. The first-order valence-corrected chi connectivity index (χ1v) is 8.35. The number of hydrazine groups is 1. The van der Waals surface area contributed by atoms with E-state index in [9.17, 15) is 9.59 Å². The van der Waals surface area contributed by atoms with Gasteiger partial charge in [-0.3, -0.25) is 20.4 Å². The zero-order valence-corrected chi connectivity index (χ0v) is 14.1. The summed E-state index contributed by atoms with van der Waals surface area (Å²) in [6, 6.07) is 20.4. The maximum absolute atomic E-state index is 12.1. The van der Waals surface area contributed by atoms with E-state index in [0.717, 1.165) is 16.7 Å². The summed E-state index contributed by atoms with van der Waals surface area (Å²) in [4.78, 5) is 28.2. The summed E-state index contributed by atoms with van der Waals surface area (Å²) in [5, 5.41) is 0.950. The smallest absolute Gasteiger partial charge is 0.288 e. The lowest BCUT2D eigenvalue weighted by Crippen LogP contribution is -2.41. The van der Waals surface area contributed by atoms with Gasteiger partial charge in [0.2, 0.25) is 5.91 Å². The third-order valence-electron chi connectivity index (χ3n) is 3.71. The summed E-state index contributed by atoms with van der Waals surface area (Å²) in [6.45, 7) is 0.428. The van der Waals surface area contributed by atoms with E-state index in [-0.39, 0.29) is 18.0 Å². The number of rotatable bonds is 6. The molecule has 6 heteroatoms. The highest BCUT2D eigenvalue weighted by Crippen LogP contribution is 2.11. The van der Waals surface area contributed by atoms with Crippen molar-refractivity contribution in [1.82, 2.24) is 15.8 Å². The Morgan fingerprint density at radius 1 is 0.885 bits per heavy atom. The summed E-state index contributed by atoms with van der Waals surface area (Å²) in [5.41, 5.74) is 5.75. The molecule has 0 spiro atoms. The third-order valence-corrected chi connectivity index (χ3v) is 3.71. The molecule has 2 N–H and O–H groups in total. The number of hydrogen-bond donors (Lipinski definition) is 2. The monoisotopic (exact) mass is 349 g/mol. The van der Waals surface area contributed by atoms with Gasteiger partial charge in [-0.1, -0.05) is 42.5 Å². The van der Waals surface area contributed by atoms with Crippen molar-refractivity contribution in [3.8, 4) is 5.75 Å². The Bertz CT molecular complexity index is 897. The number of nitrogens with zero attached hydrogens (tertiary/aromatic N) is 1. The van der Waals surface area contributed by atoms with Gasteiger partial charge in [0.1, 0.15) is 11.4 Å². The number of fused-ring (bicyclic) bond motifs is 1. The second-order valence-electron chi connectivity index (χ2n) is 5.66. The molecule has 0 saturated carbocycles. The van der Waals surface area contributed by atoms with Crippen molar-refractivity contribution < 1.29 is 14.3 Å². The Balaban J connectivity index is 1.41. The molecule has 0 bridgehead atoms. The van der Waals surface area contributed by atoms with E-state index in [2.05, 4.69) is 15.8 Å². The number of benzene rings is 2. The Hall–Kier alpha value is -3.41. The molecule has 132 valence electrons. The number of para-hydroxylation sites is 2. The molecular weight excluding hydrogens is 330 g/mol. The van der Waals surface area contributed by atoms with Gasteiger partial charge in [0, 0.05) is 11.8 Å². The first kappa shape index (κ1) is 17.4.